The smallest absolute Gasteiger partial charge is 0.244 e. The third kappa shape index (κ3) is 3.14. The average molecular weight is 369 g/mol. The van der Waals surface area contributed by atoms with Gasteiger partial charge in [-0.25, -0.2) is 4.98 Å². The van der Waals surface area contributed by atoms with Crippen LogP contribution in [0.1, 0.15) is 25.7 Å². The lowest BCUT2D eigenvalue weighted by atomic mass is 9.81. The molecule has 2 aliphatic rings. The maximum Gasteiger partial charge on any atom is 0.244 e. The maximum atomic E-state index is 12.4. The molecule has 7 heteroatoms. The number of amides is 3. The highest BCUT2D eigenvalue weighted by Gasteiger charge is 2.48. The van der Waals surface area contributed by atoms with Crippen LogP contribution < -0.4 is 5.32 Å². The van der Waals surface area contributed by atoms with Crippen molar-refractivity contribution in [2.24, 2.45) is 11.8 Å². The van der Waals surface area contributed by atoms with Crippen molar-refractivity contribution in [2.45, 2.75) is 25.7 Å². The van der Waals surface area contributed by atoms with Crippen LogP contribution >= 0.6 is 11.3 Å². The Kier molecular flexibility index (Phi) is 4.55. The second kappa shape index (κ2) is 6.99. The van der Waals surface area contributed by atoms with Crippen molar-refractivity contribution < 1.29 is 14.4 Å². The fourth-order valence-corrected chi connectivity index (χ4v) is 4.44. The van der Waals surface area contributed by atoms with E-state index < -0.39 is 0 Å². The number of carbonyl (C=O) groups excluding carboxylic acids is 3. The molecule has 2 heterocycles. The molecule has 2 fully saturated rings. The number of thiazole rings is 1. The van der Waals surface area contributed by atoms with Gasteiger partial charge in [0.2, 0.25) is 17.7 Å². The number of nitrogens with zero attached hydrogens (tertiary/aromatic N) is 2. The van der Waals surface area contributed by atoms with Gasteiger partial charge in [-0.15, -0.1) is 11.3 Å². The van der Waals surface area contributed by atoms with Gasteiger partial charge in [0.15, 0.2) is 0 Å². The quantitative estimate of drug-likeness (QED) is 0.841. The largest absolute Gasteiger partial charge is 0.325 e. The van der Waals surface area contributed by atoms with E-state index in [2.05, 4.69) is 10.3 Å². The molecule has 2 atom stereocenters. The van der Waals surface area contributed by atoms with E-state index in [0.29, 0.717) is 5.69 Å². The van der Waals surface area contributed by atoms with Crippen LogP contribution in [-0.4, -0.2) is 34.2 Å². The molecule has 3 amide bonds. The summed E-state index contributed by atoms with van der Waals surface area (Å²) < 4.78 is 0. The van der Waals surface area contributed by atoms with E-state index in [4.69, 9.17) is 0 Å². The van der Waals surface area contributed by atoms with Gasteiger partial charge >= 0.3 is 0 Å². The molecule has 1 aliphatic heterocycles. The van der Waals surface area contributed by atoms with Crippen LogP contribution in [0.4, 0.5) is 5.69 Å². The summed E-state index contributed by atoms with van der Waals surface area (Å²) >= 11 is 1.55. The number of aromatic nitrogens is 1. The molecular formula is C19H19N3O3S. The summed E-state index contributed by atoms with van der Waals surface area (Å²) in [4.78, 5) is 42.6. The summed E-state index contributed by atoms with van der Waals surface area (Å²) in [5.41, 5.74) is 1.61. The number of fused-ring (bicyclic) bond motifs is 1. The number of likely N-dealkylation sites (tertiary alicyclic amines) is 1. The van der Waals surface area contributed by atoms with Crippen LogP contribution in [0.25, 0.3) is 10.6 Å². The highest BCUT2D eigenvalue weighted by Crippen LogP contribution is 2.37. The Morgan fingerprint density at radius 2 is 1.77 bits per heavy atom. The summed E-state index contributed by atoms with van der Waals surface area (Å²) in [7, 11) is 0. The van der Waals surface area contributed by atoms with Crippen LogP contribution in [0.5, 0.6) is 0 Å². The van der Waals surface area contributed by atoms with Crippen LogP contribution in [0.2, 0.25) is 0 Å². The molecule has 4 rings (SSSR count). The molecular weight excluding hydrogens is 350 g/mol. The fourth-order valence-electron chi connectivity index (χ4n) is 3.79. The molecule has 1 N–H and O–H groups in total. The highest BCUT2D eigenvalue weighted by molar-refractivity contribution is 7.13. The Bertz CT molecular complexity index is 808. The maximum absolute atomic E-state index is 12.4. The highest BCUT2D eigenvalue weighted by atomic mass is 32.1. The molecule has 1 aliphatic carbocycles. The summed E-state index contributed by atoms with van der Waals surface area (Å²) in [6.07, 6.45) is 5.21. The number of imide groups is 1. The lowest BCUT2D eigenvalue weighted by Crippen LogP contribution is -2.38. The zero-order valence-corrected chi connectivity index (χ0v) is 15.0. The lowest BCUT2D eigenvalue weighted by molar-refractivity contribution is -0.142. The molecule has 134 valence electrons. The summed E-state index contributed by atoms with van der Waals surface area (Å²) in [5.74, 6) is -1.17. The molecule has 0 unspecified atom stereocenters. The van der Waals surface area contributed by atoms with Gasteiger partial charge in [-0.1, -0.05) is 12.8 Å². The van der Waals surface area contributed by atoms with E-state index in [1.54, 1.807) is 29.7 Å². The van der Waals surface area contributed by atoms with Gasteiger partial charge in [-0.3, -0.25) is 19.3 Å². The standard InChI is InChI=1S/C19H19N3O3S/c23-16(11-22-18(24)14-3-1-2-4-15(14)19(22)25)21-13-7-5-12(6-8-13)17-20-9-10-26-17/h5-10,14-15H,1-4,11H2,(H,21,23)/t14-,15+. The number of anilines is 1. The number of hydrogen-bond donors (Lipinski definition) is 1. The first-order chi connectivity index (χ1) is 12.6. The minimum Gasteiger partial charge on any atom is -0.325 e. The van der Waals surface area contributed by atoms with E-state index in [1.165, 1.54) is 0 Å². The average Bonchev–Trinajstić information content (AvgIpc) is 3.27. The van der Waals surface area contributed by atoms with Crippen molar-refractivity contribution in [1.29, 1.82) is 0 Å². The Labute approximate surface area is 155 Å². The summed E-state index contributed by atoms with van der Waals surface area (Å²) in [6, 6.07) is 7.36. The SMILES string of the molecule is O=C(CN1C(=O)[C@H]2CCCC[C@H]2C1=O)Nc1ccc(-c2nccs2)cc1. The van der Waals surface area contributed by atoms with Gasteiger partial charge in [0, 0.05) is 22.8 Å². The number of benzene rings is 1. The fraction of sp³-hybridized carbons (Fsp3) is 0.368. The Morgan fingerprint density at radius 3 is 2.35 bits per heavy atom. The molecule has 1 aromatic carbocycles. The molecule has 0 spiro atoms. The first kappa shape index (κ1) is 16.9. The van der Waals surface area contributed by atoms with Crippen molar-refractivity contribution in [3.05, 3.63) is 35.8 Å². The van der Waals surface area contributed by atoms with Gasteiger partial charge in [-0.05, 0) is 37.1 Å². The van der Waals surface area contributed by atoms with E-state index in [-0.39, 0.29) is 36.1 Å². The first-order valence-electron chi connectivity index (χ1n) is 8.78. The molecule has 6 nitrogen and oxygen atoms in total. The number of carbonyl (C=O) groups is 3. The molecule has 0 radical (unpaired) electrons. The predicted octanol–water partition coefficient (Wildman–Crippen LogP) is 2.92. The minimum absolute atomic E-state index is 0.186. The zero-order chi connectivity index (χ0) is 18.1. The Hall–Kier alpha value is -2.54. The number of hydrogen-bond acceptors (Lipinski definition) is 5. The molecule has 26 heavy (non-hydrogen) atoms. The van der Waals surface area contributed by atoms with Crippen LogP contribution in [0, 0.1) is 11.8 Å². The normalized spacial score (nSPS) is 22.4. The van der Waals surface area contributed by atoms with Gasteiger partial charge in [-0.2, -0.15) is 0 Å². The second-order valence-corrected chi connectivity index (χ2v) is 7.62. The first-order valence-corrected chi connectivity index (χ1v) is 9.66. The van der Waals surface area contributed by atoms with Gasteiger partial charge < -0.3 is 5.32 Å². The van der Waals surface area contributed by atoms with Crippen LogP contribution in [0.15, 0.2) is 35.8 Å². The van der Waals surface area contributed by atoms with E-state index >= 15 is 0 Å². The number of rotatable bonds is 4. The van der Waals surface area contributed by atoms with Crippen molar-refractivity contribution in [2.75, 3.05) is 11.9 Å². The molecule has 2 aromatic rings. The molecule has 0 bridgehead atoms. The second-order valence-electron chi connectivity index (χ2n) is 6.72. The van der Waals surface area contributed by atoms with Crippen molar-refractivity contribution in [3.63, 3.8) is 0 Å². The molecule has 1 aromatic heterocycles. The summed E-state index contributed by atoms with van der Waals surface area (Å²) in [5, 5.41) is 5.59. The third-order valence-corrected chi connectivity index (χ3v) is 5.90. The molecule has 1 saturated carbocycles. The molecule has 1 saturated heterocycles. The van der Waals surface area contributed by atoms with Crippen molar-refractivity contribution in [3.8, 4) is 10.6 Å². The Morgan fingerprint density at radius 1 is 1.12 bits per heavy atom. The lowest BCUT2D eigenvalue weighted by Gasteiger charge is -2.19. The predicted molar refractivity (Wildman–Crippen MR) is 98.3 cm³/mol. The van der Waals surface area contributed by atoms with Gasteiger partial charge in [0.1, 0.15) is 11.6 Å². The van der Waals surface area contributed by atoms with Crippen molar-refractivity contribution in [1.82, 2.24) is 9.88 Å². The monoisotopic (exact) mass is 369 g/mol. The van der Waals surface area contributed by atoms with E-state index in [1.807, 2.05) is 17.5 Å². The van der Waals surface area contributed by atoms with Crippen LogP contribution in [-0.2, 0) is 14.4 Å². The zero-order valence-electron chi connectivity index (χ0n) is 14.2. The minimum atomic E-state index is -0.354. The van der Waals surface area contributed by atoms with Crippen molar-refractivity contribution >= 4 is 34.7 Å². The van der Waals surface area contributed by atoms with Crippen LogP contribution in [0.3, 0.4) is 0 Å². The summed E-state index contributed by atoms with van der Waals surface area (Å²) in [6.45, 7) is -0.209. The van der Waals surface area contributed by atoms with E-state index in [0.717, 1.165) is 41.2 Å². The number of nitrogens with one attached hydrogen (secondary N) is 1. The van der Waals surface area contributed by atoms with Gasteiger partial charge in [0.25, 0.3) is 0 Å². The van der Waals surface area contributed by atoms with Gasteiger partial charge in [0.05, 0.1) is 11.8 Å². The third-order valence-electron chi connectivity index (χ3n) is 5.08. The van der Waals surface area contributed by atoms with E-state index in [9.17, 15) is 14.4 Å². The topological polar surface area (TPSA) is 79.4 Å². The Balaban J connectivity index is 1.39.